The van der Waals surface area contributed by atoms with Crippen molar-refractivity contribution in [1.82, 2.24) is 4.31 Å². The molecule has 1 aliphatic rings. The second-order valence-corrected chi connectivity index (χ2v) is 6.50. The van der Waals surface area contributed by atoms with Crippen LogP contribution in [-0.4, -0.2) is 25.8 Å². The first kappa shape index (κ1) is 11.1. The Morgan fingerprint density at radius 1 is 1.33 bits per heavy atom. The van der Waals surface area contributed by atoms with Crippen molar-refractivity contribution in [3.8, 4) is 0 Å². The summed E-state index contributed by atoms with van der Waals surface area (Å²) in [6.07, 6.45) is 1.94. The van der Waals surface area contributed by atoms with Crippen LogP contribution in [0.5, 0.6) is 0 Å². The van der Waals surface area contributed by atoms with Crippen molar-refractivity contribution in [2.45, 2.75) is 23.8 Å². The Morgan fingerprint density at radius 2 is 1.93 bits per heavy atom. The van der Waals surface area contributed by atoms with E-state index in [4.69, 9.17) is 0 Å². The SMILES string of the molecule is CN(C1CC1)S(=O)(=O)c1ccccc1Br. The molecular weight excluding hydrogens is 278 g/mol. The van der Waals surface area contributed by atoms with Crippen molar-refractivity contribution in [3.05, 3.63) is 28.7 Å². The van der Waals surface area contributed by atoms with Gasteiger partial charge in [-0.05, 0) is 40.9 Å². The van der Waals surface area contributed by atoms with E-state index in [-0.39, 0.29) is 6.04 Å². The van der Waals surface area contributed by atoms with Crippen LogP contribution in [-0.2, 0) is 10.0 Å². The van der Waals surface area contributed by atoms with Gasteiger partial charge in [-0.1, -0.05) is 12.1 Å². The van der Waals surface area contributed by atoms with E-state index < -0.39 is 10.0 Å². The number of nitrogens with zero attached hydrogens (tertiary/aromatic N) is 1. The smallest absolute Gasteiger partial charge is 0.207 e. The molecule has 0 aromatic heterocycles. The fourth-order valence-corrected chi connectivity index (χ4v) is 3.82. The van der Waals surface area contributed by atoms with Gasteiger partial charge in [0.25, 0.3) is 0 Å². The van der Waals surface area contributed by atoms with E-state index in [1.54, 1.807) is 31.3 Å². The molecule has 0 aliphatic heterocycles. The highest BCUT2D eigenvalue weighted by atomic mass is 79.9. The average Bonchev–Trinajstić information content (AvgIpc) is 3.00. The van der Waals surface area contributed by atoms with Crippen molar-refractivity contribution in [1.29, 1.82) is 0 Å². The maximum atomic E-state index is 12.1. The lowest BCUT2D eigenvalue weighted by Gasteiger charge is -2.17. The average molecular weight is 290 g/mol. The molecule has 1 aromatic rings. The number of rotatable bonds is 3. The van der Waals surface area contributed by atoms with E-state index in [1.807, 2.05) is 0 Å². The summed E-state index contributed by atoms with van der Waals surface area (Å²) in [6.45, 7) is 0. The van der Waals surface area contributed by atoms with E-state index in [0.29, 0.717) is 9.37 Å². The third kappa shape index (κ3) is 2.09. The van der Waals surface area contributed by atoms with Gasteiger partial charge >= 0.3 is 0 Å². The van der Waals surface area contributed by atoms with Crippen LogP contribution in [0.3, 0.4) is 0 Å². The zero-order valence-corrected chi connectivity index (χ0v) is 10.8. The van der Waals surface area contributed by atoms with Gasteiger partial charge in [-0.25, -0.2) is 8.42 Å². The third-order valence-electron chi connectivity index (χ3n) is 2.55. The normalized spacial score (nSPS) is 17.0. The predicted octanol–water partition coefficient (Wildman–Crippen LogP) is 2.23. The molecule has 1 aromatic carbocycles. The van der Waals surface area contributed by atoms with Gasteiger partial charge in [0.05, 0.1) is 4.90 Å². The largest absolute Gasteiger partial charge is 0.244 e. The highest BCUT2D eigenvalue weighted by Crippen LogP contribution is 2.32. The Labute approximate surface area is 98.3 Å². The van der Waals surface area contributed by atoms with Crippen LogP contribution < -0.4 is 0 Å². The summed E-state index contributed by atoms with van der Waals surface area (Å²) in [6, 6.07) is 7.10. The minimum Gasteiger partial charge on any atom is -0.207 e. The Hall–Kier alpha value is -0.390. The van der Waals surface area contributed by atoms with Crippen LogP contribution in [0.1, 0.15) is 12.8 Å². The highest BCUT2D eigenvalue weighted by molar-refractivity contribution is 9.10. The summed E-state index contributed by atoms with van der Waals surface area (Å²) in [4.78, 5) is 0.347. The van der Waals surface area contributed by atoms with Crippen LogP contribution in [0.15, 0.2) is 33.6 Å². The Kier molecular flexibility index (Phi) is 2.87. The summed E-state index contributed by atoms with van der Waals surface area (Å²) in [5.74, 6) is 0. The molecule has 1 aliphatic carbocycles. The zero-order valence-electron chi connectivity index (χ0n) is 8.35. The van der Waals surface area contributed by atoms with Crippen molar-refractivity contribution < 1.29 is 8.42 Å². The Morgan fingerprint density at radius 3 is 2.47 bits per heavy atom. The van der Waals surface area contributed by atoms with Crippen molar-refractivity contribution in [2.24, 2.45) is 0 Å². The zero-order chi connectivity index (χ0) is 11.1. The fraction of sp³-hybridized carbons (Fsp3) is 0.400. The summed E-state index contributed by atoms with van der Waals surface area (Å²) in [7, 11) is -1.67. The van der Waals surface area contributed by atoms with Gasteiger partial charge in [0.15, 0.2) is 0 Å². The van der Waals surface area contributed by atoms with Gasteiger partial charge in [-0.2, -0.15) is 4.31 Å². The lowest BCUT2D eigenvalue weighted by molar-refractivity contribution is 0.464. The summed E-state index contributed by atoms with van der Waals surface area (Å²) in [5, 5.41) is 0. The van der Waals surface area contributed by atoms with Gasteiger partial charge in [0.2, 0.25) is 10.0 Å². The lowest BCUT2D eigenvalue weighted by atomic mass is 10.4. The van der Waals surface area contributed by atoms with Crippen LogP contribution >= 0.6 is 15.9 Å². The highest BCUT2D eigenvalue weighted by Gasteiger charge is 2.35. The second-order valence-electron chi connectivity index (χ2n) is 3.68. The van der Waals surface area contributed by atoms with Crippen LogP contribution in [0.2, 0.25) is 0 Å². The van der Waals surface area contributed by atoms with E-state index in [0.717, 1.165) is 12.8 Å². The van der Waals surface area contributed by atoms with Gasteiger partial charge in [0.1, 0.15) is 0 Å². The quantitative estimate of drug-likeness (QED) is 0.856. The van der Waals surface area contributed by atoms with E-state index >= 15 is 0 Å². The first-order chi connectivity index (χ1) is 7.03. The summed E-state index contributed by atoms with van der Waals surface area (Å²) < 4.78 is 26.3. The lowest BCUT2D eigenvalue weighted by Crippen LogP contribution is -2.29. The fourth-order valence-electron chi connectivity index (χ4n) is 1.44. The molecule has 82 valence electrons. The molecule has 0 spiro atoms. The molecule has 1 fully saturated rings. The molecule has 0 radical (unpaired) electrons. The molecule has 0 amide bonds. The minimum absolute atomic E-state index is 0.196. The van der Waals surface area contributed by atoms with Crippen LogP contribution in [0.4, 0.5) is 0 Å². The minimum atomic E-state index is -3.32. The van der Waals surface area contributed by atoms with Crippen LogP contribution in [0, 0.1) is 0 Å². The van der Waals surface area contributed by atoms with Crippen molar-refractivity contribution in [2.75, 3.05) is 7.05 Å². The number of halogens is 1. The maximum absolute atomic E-state index is 12.1. The molecule has 0 bridgehead atoms. The number of sulfonamides is 1. The standard InChI is InChI=1S/C10H12BrNO2S/c1-12(8-6-7-8)15(13,14)10-5-3-2-4-9(10)11/h2-5,8H,6-7H2,1H3. The number of hydrogen-bond acceptors (Lipinski definition) is 2. The predicted molar refractivity (Wildman–Crippen MR) is 62.1 cm³/mol. The van der Waals surface area contributed by atoms with Gasteiger partial charge < -0.3 is 0 Å². The van der Waals surface area contributed by atoms with Gasteiger partial charge in [-0.15, -0.1) is 0 Å². The van der Waals surface area contributed by atoms with Crippen LogP contribution in [0.25, 0.3) is 0 Å². The first-order valence-corrected chi connectivity index (χ1v) is 6.99. The topological polar surface area (TPSA) is 37.4 Å². The summed E-state index contributed by atoms with van der Waals surface area (Å²) in [5.41, 5.74) is 0. The van der Waals surface area contributed by atoms with E-state index in [1.165, 1.54) is 4.31 Å². The molecule has 5 heteroatoms. The third-order valence-corrected chi connectivity index (χ3v) is 5.48. The Balaban J connectivity index is 2.41. The summed E-state index contributed by atoms with van der Waals surface area (Å²) >= 11 is 3.26. The van der Waals surface area contributed by atoms with Crippen molar-refractivity contribution in [3.63, 3.8) is 0 Å². The molecule has 2 rings (SSSR count). The molecule has 0 atom stereocenters. The van der Waals surface area contributed by atoms with E-state index in [2.05, 4.69) is 15.9 Å². The van der Waals surface area contributed by atoms with E-state index in [9.17, 15) is 8.42 Å². The molecule has 0 saturated heterocycles. The molecule has 0 N–H and O–H groups in total. The molecule has 15 heavy (non-hydrogen) atoms. The first-order valence-electron chi connectivity index (χ1n) is 4.76. The molecule has 0 heterocycles. The van der Waals surface area contributed by atoms with Gasteiger partial charge in [-0.3, -0.25) is 0 Å². The molecule has 1 saturated carbocycles. The second kappa shape index (κ2) is 3.88. The monoisotopic (exact) mass is 289 g/mol. The molecule has 3 nitrogen and oxygen atoms in total. The number of hydrogen-bond donors (Lipinski definition) is 0. The number of benzene rings is 1. The maximum Gasteiger partial charge on any atom is 0.244 e. The molecule has 0 unspecified atom stereocenters. The van der Waals surface area contributed by atoms with Gasteiger partial charge in [0, 0.05) is 17.6 Å². The van der Waals surface area contributed by atoms with Crippen molar-refractivity contribution >= 4 is 26.0 Å². The Bertz CT molecular complexity index is 468. The molecular formula is C10H12BrNO2S.